The van der Waals surface area contributed by atoms with Crippen molar-refractivity contribution in [3.05, 3.63) is 0 Å². The van der Waals surface area contributed by atoms with Gasteiger partial charge in [0.25, 0.3) is 0 Å². The molecule has 2 N–H and O–H groups in total. The molecule has 0 amide bonds. The van der Waals surface area contributed by atoms with Crippen LogP contribution in [0.4, 0.5) is 0 Å². The van der Waals surface area contributed by atoms with E-state index in [9.17, 15) is 4.79 Å². The van der Waals surface area contributed by atoms with Gasteiger partial charge in [-0.3, -0.25) is 10.2 Å². The van der Waals surface area contributed by atoms with E-state index in [0.717, 1.165) is 6.42 Å². The van der Waals surface area contributed by atoms with Gasteiger partial charge in [0.2, 0.25) is 0 Å². The van der Waals surface area contributed by atoms with Gasteiger partial charge in [-0.05, 0) is 13.0 Å². The molecular formula is C8H18N2O2. The number of rotatable bonds is 5. The lowest BCUT2D eigenvalue weighted by Crippen LogP contribution is -2.48. The fraction of sp³-hybridized carbons (Fsp3) is 0.875. The molecule has 0 aromatic heterocycles. The summed E-state index contributed by atoms with van der Waals surface area (Å²) in [6, 6.07) is -0.259. The molecule has 0 rings (SSSR count). The Morgan fingerprint density at radius 1 is 1.58 bits per heavy atom. The summed E-state index contributed by atoms with van der Waals surface area (Å²) in [6.07, 6.45) is 0.939. The Morgan fingerprint density at radius 2 is 2.17 bits per heavy atom. The highest BCUT2D eigenvalue weighted by molar-refractivity contribution is 5.75. The molecule has 4 heteroatoms. The summed E-state index contributed by atoms with van der Waals surface area (Å²) >= 11 is 0. The van der Waals surface area contributed by atoms with Crippen LogP contribution in [-0.4, -0.2) is 26.2 Å². The zero-order valence-electron chi connectivity index (χ0n) is 8.18. The molecule has 0 bridgehead atoms. The van der Waals surface area contributed by atoms with Gasteiger partial charge >= 0.3 is 5.97 Å². The zero-order chi connectivity index (χ0) is 9.56. The molecule has 0 aliphatic heterocycles. The van der Waals surface area contributed by atoms with Crippen molar-refractivity contribution in [1.29, 1.82) is 0 Å². The molecule has 0 aromatic rings. The Balaban J connectivity index is 4.11. The number of hydrogen-bond acceptors (Lipinski definition) is 4. The molecule has 2 atom stereocenters. The van der Waals surface area contributed by atoms with Gasteiger partial charge in [0.1, 0.15) is 6.04 Å². The monoisotopic (exact) mass is 174 g/mol. The average Bonchev–Trinajstić information content (AvgIpc) is 2.11. The van der Waals surface area contributed by atoms with Crippen molar-refractivity contribution in [3.63, 3.8) is 0 Å². The Kier molecular flexibility index (Phi) is 5.66. The van der Waals surface area contributed by atoms with Crippen LogP contribution in [0.3, 0.4) is 0 Å². The molecule has 0 saturated carbocycles. The first kappa shape index (κ1) is 11.4. The summed E-state index contributed by atoms with van der Waals surface area (Å²) in [4.78, 5) is 11.2. The first-order valence-electron chi connectivity index (χ1n) is 4.17. The standard InChI is InChI=1S/C8H18N2O2/c1-5-6(2)7(10-9-3)8(11)12-4/h6-7,9-10H,5H2,1-4H3/t6-,7-/m1/s1. The van der Waals surface area contributed by atoms with Crippen LogP contribution in [0.2, 0.25) is 0 Å². The second kappa shape index (κ2) is 5.97. The summed E-state index contributed by atoms with van der Waals surface area (Å²) in [5.41, 5.74) is 5.61. The second-order valence-corrected chi connectivity index (χ2v) is 2.78. The lowest BCUT2D eigenvalue weighted by atomic mass is 10.0. The zero-order valence-corrected chi connectivity index (χ0v) is 8.18. The van der Waals surface area contributed by atoms with E-state index in [1.165, 1.54) is 7.11 Å². The van der Waals surface area contributed by atoms with E-state index in [1.807, 2.05) is 13.8 Å². The number of esters is 1. The van der Waals surface area contributed by atoms with Crippen LogP contribution in [-0.2, 0) is 9.53 Å². The van der Waals surface area contributed by atoms with Crippen LogP contribution in [0.5, 0.6) is 0 Å². The van der Waals surface area contributed by atoms with E-state index in [4.69, 9.17) is 0 Å². The Labute approximate surface area is 73.6 Å². The molecule has 72 valence electrons. The van der Waals surface area contributed by atoms with Crippen LogP contribution in [0.25, 0.3) is 0 Å². The third-order valence-electron chi connectivity index (χ3n) is 1.97. The smallest absolute Gasteiger partial charge is 0.324 e. The summed E-state index contributed by atoms with van der Waals surface area (Å²) in [6.45, 7) is 4.05. The van der Waals surface area contributed by atoms with Crippen molar-refractivity contribution in [2.45, 2.75) is 26.3 Å². The number of hydrogen-bond donors (Lipinski definition) is 2. The lowest BCUT2D eigenvalue weighted by Gasteiger charge is -2.20. The summed E-state index contributed by atoms with van der Waals surface area (Å²) in [7, 11) is 3.13. The predicted molar refractivity (Wildman–Crippen MR) is 47.5 cm³/mol. The minimum atomic E-state index is -0.259. The van der Waals surface area contributed by atoms with Crippen molar-refractivity contribution in [3.8, 4) is 0 Å². The third kappa shape index (κ3) is 3.19. The Hall–Kier alpha value is -0.610. The molecule has 0 aliphatic carbocycles. The van der Waals surface area contributed by atoms with Gasteiger partial charge in [0.05, 0.1) is 7.11 Å². The minimum Gasteiger partial charge on any atom is -0.468 e. The van der Waals surface area contributed by atoms with Crippen molar-refractivity contribution in [2.75, 3.05) is 14.2 Å². The van der Waals surface area contributed by atoms with Gasteiger partial charge < -0.3 is 4.74 Å². The molecule has 0 aliphatic rings. The maximum absolute atomic E-state index is 11.2. The number of hydrazine groups is 1. The number of carbonyl (C=O) groups excluding carboxylic acids is 1. The normalized spacial score (nSPS) is 15.3. The van der Waals surface area contributed by atoms with Crippen LogP contribution in [0.1, 0.15) is 20.3 Å². The largest absolute Gasteiger partial charge is 0.468 e. The molecule has 12 heavy (non-hydrogen) atoms. The van der Waals surface area contributed by atoms with E-state index in [0.29, 0.717) is 0 Å². The summed E-state index contributed by atoms with van der Waals surface area (Å²) in [5.74, 6) is 0.0450. The maximum Gasteiger partial charge on any atom is 0.324 e. The molecular weight excluding hydrogens is 156 g/mol. The summed E-state index contributed by atoms with van der Waals surface area (Å²) in [5, 5.41) is 0. The number of nitrogens with one attached hydrogen (secondary N) is 2. The van der Waals surface area contributed by atoms with Crippen molar-refractivity contribution in [1.82, 2.24) is 10.9 Å². The lowest BCUT2D eigenvalue weighted by molar-refractivity contribution is -0.144. The first-order chi connectivity index (χ1) is 5.67. The molecule has 0 heterocycles. The van der Waals surface area contributed by atoms with E-state index < -0.39 is 0 Å². The van der Waals surface area contributed by atoms with E-state index in [1.54, 1.807) is 7.05 Å². The Bertz CT molecular complexity index is 139. The van der Waals surface area contributed by atoms with E-state index in [-0.39, 0.29) is 17.9 Å². The van der Waals surface area contributed by atoms with E-state index in [2.05, 4.69) is 15.6 Å². The van der Waals surface area contributed by atoms with Gasteiger partial charge in [0.15, 0.2) is 0 Å². The third-order valence-corrected chi connectivity index (χ3v) is 1.97. The van der Waals surface area contributed by atoms with Gasteiger partial charge in [-0.1, -0.05) is 20.3 Å². The quantitative estimate of drug-likeness (QED) is 0.465. The number of methoxy groups -OCH3 is 1. The molecule has 4 nitrogen and oxygen atoms in total. The van der Waals surface area contributed by atoms with Crippen LogP contribution in [0, 0.1) is 5.92 Å². The van der Waals surface area contributed by atoms with Crippen molar-refractivity contribution >= 4 is 5.97 Å². The predicted octanol–water partition coefficient (Wildman–Crippen LogP) is 0.298. The topological polar surface area (TPSA) is 50.4 Å². The fourth-order valence-electron chi connectivity index (χ4n) is 0.952. The number of ether oxygens (including phenoxy) is 1. The molecule has 0 spiro atoms. The van der Waals surface area contributed by atoms with Crippen LogP contribution < -0.4 is 10.9 Å². The van der Waals surface area contributed by atoms with Crippen molar-refractivity contribution < 1.29 is 9.53 Å². The highest BCUT2D eigenvalue weighted by atomic mass is 16.5. The van der Waals surface area contributed by atoms with Gasteiger partial charge in [0, 0.05) is 0 Å². The van der Waals surface area contributed by atoms with Crippen LogP contribution >= 0.6 is 0 Å². The summed E-state index contributed by atoms with van der Waals surface area (Å²) < 4.78 is 4.65. The Morgan fingerprint density at radius 3 is 2.50 bits per heavy atom. The van der Waals surface area contributed by atoms with E-state index >= 15 is 0 Å². The van der Waals surface area contributed by atoms with Gasteiger partial charge in [-0.25, -0.2) is 5.43 Å². The molecule has 0 fully saturated rings. The van der Waals surface area contributed by atoms with Crippen LogP contribution in [0.15, 0.2) is 0 Å². The number of carbonyl (C=O) groups is 1. The highest BCUT2D eigenvalue weighted by Crippen LogP contribution is 2.07. The highest BCUT2D eigenvalue weighted by Gasteiger charge is 2.23. The first-order valence-corrected chi connectivity index (χ1v) is 4.17. The second-order valence-electron chi connectivity index (χ2n) is 2.78. The SMILES string of the molecule is CC[C@@H](C)[C@@H](NNC)C(=O)OC. The van der Waals surface area contributed by atoms with Crippen molar-refractivity contribution in [2.24, 2.45) is 5.92 Å². The minimum absolute atomic E-state index is 0.223. The maximum atomic E-state index is 11.2. The van der Waals surface area contributed by atoms with Gasteiger partial charge in [-0.2, -0.15) is 0 Å². The van der Waals surface area contributed by atoms with Gasteiger partial charge in [-0.15, -0.1) is 0 Å². The molecule has 0 unspecified atom stereocenters. The molecule has 0 aromatic carbocycles. The molecule has 0 radical (unpaired) electrons. The fourth-order valence-corrected chi connectivity index (χ4v) is 0.952. The molecule has 0 saturated heterocycles. The average molecular weight is 174 g/mol.